The van der Waals surface area contributed by atoms with Crippen molar-refractivity contribution >= 4 is 29.3 Å². The van der Waals surface area contributed by atoms with Crippen LogP contribution in [0.15, 0.2) is 54.6 Å². The molecule has 22 heavy (non-hydrogen) atoms. The highest BCUT2D eigenvalue weighted by molar-refractivity contribution is 6.30. The fourth-order valence-corrected chi connectivity index (χ4v) is 2.08. The molecule has 0 saturated heterocycles. The molecule has 0 radical (unpaired) electrons. The number of ether oxygens (including phenoxy) is 1. The zero-order valence-corrected chi connectivity index (χ0v) is 13.1. The number of carbonyl (C=O) groups excluding carboxylic acids is 1. The van der Waals surface area contributed by atoms with Gasteiger partial charge in [-0.05, 0) is 42.3 Å². The zero-order valence-electron chi connectivity index (χ0n) is 12.4. The molecule has 0 unspecified atom stereocenters. The summed E-state index contributed by atoms with van der Waals surface area (Å²) < 4.78 is 4.89. The van der Waals surface area contributed by atoms with Crippen molar-refractivity contribution in [3.05, 3.63) is 70.8 Å². The second-order valence-electron chi connectivity index (χ2n) is 4.65. The highest BCUT2D eigenvalue weighted by Crippen LogP contribution is 2.18. The lowest BCUT2D eigenvalue weighted by Crippen LogP contribution is -2.01. The van der Waals surface area contributed by atoms with Crippen LogP contribution in [0.1, 0.15) is 18.1 Å². The van der Waals surface area contributed by atoms with E-state index in [1.807, 2.05) is 48.5 Å². The Morgan fingerprint density at radius 2 is 1.91 bits per heavy atom. The van der Waals surface area contributed by atoms with Crippen molar-refractivity contribution in [1.82, 2.24) is 0 Å². The van der Waals surface area contributed by atoms with Crippen molar-refractivity contribution in [2.45, 2.75) is 13.5 Å². The number of hydrogen-bond donors (Lipinski definition) is 1. The number of halogens is 1. The number of para-hydroxylation sites is 1. The van der Waals surface area contributed by atoms with E-state index >= 15 is 0 Å². The normalized spacial score (nSPS) is 10.6. The molecule has 2 rings (SSSR count). The van der Waals surface area contributed by atoms with Crippen LogP contribution < -0.4 is 5.32 Å². The summed E-state index contributed by atoms with van der Waals surface area (Å²) in [6, 6.07) is 15.5. The Balaban J connectivity index is 2.04. The molecule has 0 amide bonds. The van der Waals surface area contributed by atoms with Gasteiger partial charge in [0.15, 0.2) is 0 Å². The van der Waals surface area contributed by atoms with Crippen LogP contribution in [0, 0.1) is 0 Å². The van der Waals surface area contributed by atoms with E-state index in [4.69, 9.17) is 16.3 Å². The maximum Gasteiger partial charge on any atom is 0.330 e. The van der Waals surface area contributed by atoms with Gasteiger partial charge in [0.25, 0.3) is 0 Å². The van der Waals surface area contributed by atoms with Crippen molar-refractivity contribution in [3.63, 3.8) is 0 Å². The summed E-state index contributed by atoms with van der Waals surface area (Å²) in [5.41, 5.74) is 3.02. The van der Waals surface area contributed by atoms with E-state index in [0.717, 1.165) is 21.8 Å². The molecular formula is C18H18ClNO2. The molecule has 114 valence electrons. The summed E-state index contributed by atoms with van der Waals surface area (Å²) in [6.45, 7) is 2.84. The zero-order chi connectivity index (χ0) is 15.8. The first-order valence-electron chi connectivity index (χ1n) is 7.11. The van der Waals surface area contributed by atoms with Gasteiger partial charge in [0.05, 0.1) is 6.61 Å². The van der Waals surface area contributed by atoms with Gasteiger partial charge in [-0.1, -0.05) is 41.9 Å². The molecule has 1 N–H and O–H groups in total. The van der Waals surface area contributed by atoms with Crippen LogP contribution in [0.4, 0.5) is 5.69 Å². The van der Waals surface area contributed by atoms with Gasteiger partial charge < -0.3 is 10.1 Å². The van der Waals surface area contributed by atoms with E-state index in [0.29, 0.717) is 13.2 Å². The number of hydrogen-bond acceptors (Lipinski definition) is 3. The predicted molar refractivity (Wildman–Crippen MR) is 90.9 cm³/mol. The third-order valence-electron chi connectivity index (χ3n) is 3.04. The highest BCUT2D eigenvalue weighted by atomic mass is 35.5. The first-order valence-corrected chi connectivity index (χ1v) is 7.49. The van der Waals surface area contributed by atoms with Crippen molar-refractivity contribution in [1.29, 1.82) is 0 Å². The van der Waals surface area contributed by atoms with E-state index in [2.05, 4.69) is 5.32 Å². The lowest BCUT2D eigenvalue weighted by molar-refractivity contribution is -0.137. The molecule has 3 nitrogen and oxygen atoms in total. The Bertz CT molecular complexity index is 650. The average Bonchev–Trinajstić information content (AvgIpc) is 2.53. The van der Waals surface area contributed by atoms with Crippen LogP contribution in [-0.2, 0) is 16.1 Å². The van der Waals surface area contributed by atoms with E-state index in [1.54, 1.807) is 13.0 Å². The van der Waals surface area contributed by atoms with E-state index in [1.165, 1.54) is 6.08 Å². The van der Waals surface area contributed by atoms with Gasteiger partial charge in [0.1, 0.15) is 0 Å². The molecule has 0 aliphatic heterocycles. The van der Waals surface area contributed by atoms with E-state index < -0.39 is 0 Å². The second-order valence-corrected chi connectivity index (χ2v) is 5.09. The minimum atomic E-state index is -0.338. The minimum absolute atomic E-state index is 0.338. The molecule has 0 bridgehead atoms. The fraction of sp³-hybridized carbons (Fsp3) is 0.167. The molecule has 0 spiro atoms. The van der Waals surface area contributed by atoms with Crippen LogP contribution in [0.3, 0.4) is 0 Å². The van der Waals surface area contributed by atoms with Gasteiger partial charge in [-0.2, -0.15) is 0 Å². The maximum atomic E-state index is 11.4. The van der Waals surface area contributed by atoms with E-state index in [-0.39, 0.29) is 5.97 Å². The number of esters is 1. The molecule has 0 aromatic heterocycles. The van der Waals surface area contributed by atoms with Gasteiger partial charge in [-0.25, -0.2) is 4.79 Å². The second kappa shape index (κ2) is 8.25. The number of benzene rings is 2. The highest BCUT2D eigenvalue weighted by Gasteiger charge is 2.00. The fourth-order valence-electron chi connectivity index (χ4n) is 1.95. The van der Waals surface area contributed by atoms with Crippen LogP contribution in [0.2, 0.25) is 5.02 Å². The molecule has 0 fully saturated rings. The number of anilines is 1. The lowest BCUT2D eigenvalue weighted by Gasteiger charge is -2.10. The van der Waals surface area contributed by atoms with Crippen molar-refractivity contribution in [2.24, 2.45) is 0 Å². The first kappa shape index (κ1) is 16.1. The topological polar surface area (TPSA) is 38.3 Å². The summed E-state index contributed by atoms with van der Waals surface area (Å²) in [5, 5.41) is 4.08. The molecule has 4 heteroatoms. The summed E-state index contributed by atoms with van der Waals surface area (Å²) >= 11 is 5.88. The lowest BCUT2D eigenvalue weighted by atomic mass is 10.1. The minimum Gasteiger partial charge on any atom is -0.463 e. The molecule has 0 heterocycles. The SMILES string of the molecule is CCOC(=O)/C=C/c1ccccc1NCc1ccc(Cl)cc1. The molecular weight excluding hydrogens is 298 g/mol. The Labute approximate surface area is 135 Å². The van der Waals surface area contributed by atoms with Gasteiger partial charge in [-0.15, -0.1) is 0 Å². The van der Waals surface area contributed by atoms with Crippen LogP contribution in [0.25, 0.3) is 6.08 Å². The van der Waals surface area contributed by atoms with Gasteiger partial charge >= 0.3 is 5.97 Å². The Kier molecular flexibility index (Phi) is 6.04. The smallest absolute Gasteiger partial charge is 0.330 e. The van der Waals surface area contributed by atoms with Crippen LogP contribution in [0.5, 0.6) is 0 Å². The largest absolute Gasteiger partial charge is 0.463 e. The number of carbonyl (C=O) groups is 1. The Hall–Kier alpha value is -2.26. The van der Waals surface area contributed by atoms with Crippen LogP contribution in [-0.4, -0.2) is 12.6 Å². The summed E-state index contributed by atoms with van der Waals surface area (Å²) in [5.74, 6) is -0.338. The van der Waals surface area contributed by atoms with Gasteiger partial charge in [-0.3, -0.25) is 0 Å². The number of nitrogens with one attached hydrogen (secondary N) is 1. The summed E-state index contributed by atoms with van der Waals surface area (Å²) in [6.07, 6.45) is 3.19. The van der Waals surface area contributed by atoms with Crippen molar-refractivity contribution in [2.75, 3.05) is 11.9 Å². The first-order chi connectivity index (χ1) is 10.7. The standard InChI is InChI=1S/C18H18ClNO2/c1-2-22-18(21)12-9-15-5-3-4-6-17(15)20-13-14-7-10-16(19)11-8-14/h3-12,20H,2,13H2,1H3/b12-9+. The maximum absolute atomic E-state index is 11.4. The van der Waals surface area contributed by atoms with Gasteiger partial charge in [0.2, 0.25) is 0 Å². The molecule has 0 atom stereocenters. The monoisotopic (exact) mass is 315 g/mol. The molecule has 0 saturated carbocycles. The van der Waals surface area contributed by atoms with Gasteiger partial charge in [0, 0.05) is 23.3 Å². The average molecular weight is 316 g/mol. The predicted octanol–water partition coefficient (Wildman–Crippen LogP) is 4.53. The Morgan fingerprint density at radius 1 is 1.18 bits per heavy atom. The quantitative estimate of drug-likeness (QED) is 0.629. The molecule has 0 aliphatic carbocycles. The molecule has 2 aromatic rings. The van der Waals surface area contributed by atoms with Crippen molar-refractivity contribution < 1.29 is 9.53 Å². The van der Waals surface area contributed by atoms with Crippen molar-refractivity contribution in [3.8, 4) is 0 Å². The number of rotatable bonds is 6. The summed E-state index contributed by atoms with van der Waals surface area (Å²) in [7, 11) is 0. The Morgan fingerprint density at radius 3 is 2.64 bits per heavy atom. The molecule has 0 aliphatic rings. The van der Waals surface area contributed by atoms with E-state index in [9.17, 15) is 4.79 Å². The molecule has 2 aromatic carbocycles. The summed E-state index contributed by atoms with van der Waals surface area (Å²) in [4.78, 5) is 11.4. The third-order valence-corrected chi connectivity index (χ3v) is 3.29. The van der Waals surface area contributed by atoms with Crippen LogP contribution >= 0.6 is 11.6 Å². The third kappa shape index (κ3) is 4.93.